The van der Waals surface area contributed by atoms with Crippen molar-refractivity contribution in [2.24, 2.45) is 0 Å². The summed E-state index contributed by atoms with van der Waals surface area (Å²) in [5.41, 5.74) is 5.42. The van der Waals surface area contributed by atoms with Gasteiger partial charge in [0.2, 0.25) is 5.88 Å². The molecule has 3 aromatic rings. The molecular formula is C24H25NO. The van der Waals surface area contributed by atoms with Crippen LogP contribution in [0.3, 0.4) is 0 Å². The first-order chi connectivity index (χ1) is 12.4. The van der Waals surface area contributed by atoms with Gasteiger partial charge in [-0.2, -0.15) is 0 Å². The third-order valence-electron chi connectivity index (χ3n) is 5.09. The number of pyridine rings is 1. The monoisotopic (exact) mass is 343 g/mol. The quantitative estimate of drug-likeness (QED) is 0.548. The van der Waals surface area contributed by atoms with Crippen molar-refractivity contribution in [3.05, 3.63) is 72.3 Å². The van der Waals surface area contributed by atoms with Gasteiger partial charge in [-0.1, -0.05) is 74.5 Å². The third-order valence-corrected chi connectivity index (χ3v) is 5.09. The summed E-state index contributed by atoms with van der Waals surface area (Å²) >= 11 is 0. The third kappa shape index (κ3) is 3.01. The van der Waals surface area contributed by atoms with Gasteiger partial charge in [0, 0.05) is 16.7 Å². The van der Waals surface area contributed by atoms with Crippen molar-refractivity contribution in [2.75, 3.05) is 0 Å². The molecule has 0 bridgehead atoms. The van der Waals surface area contributed by atoms with Crippen LogP contribution in [0, 0.1) is 0 Å². The average molecular weight is 343 g/mol. The number of benzene rings is 2. The van der Waals surface area contributed by atoms with E-state index in [9.17, 15) is 0 Å². The molecule has 0 N–H and O–H groups in total. The Morgan fingerprint density at radius 2 is 1.38 bits per heavy atom. The van der Waals surface area contributed by atoms with Crippen molar-refractivity contribution in [2.45, 2.75) is 45.1 Å². The summed E-state index contributed by atoms with van der Waals surface area (Å²) < 4.78 is 6.30. The zero-order chi connectivity index (χ0) is 18.4. The van der Waals surface area contributed by atoms with E-state index in [4.69, 9.17) is 9.72 Å². The zero-order valence-electron chi connectivity index (χ0n) is 15.9. The molecule has 0 fully saturated rings. The number of hydrogen-bond acceptors (Lipinski definition) is 2. The number of ether oxygens (including phenoxy) is 1. The average Bonchev–Trinajstić information content (AvgIpc) is 2.61. The molecule has 4 rings (SSSR count). The minimum absolute atomic E-state index is 0.0167. The Balaban J connectivity index is 1.99. The first-order valence-corrected chi connectivity index (χ1v) is 9.21. The highest BCUT2D eigenvalue weighted by molar-refractivity contribution is 5.82. The van der Waals surface area contributed by atoms with Crippen molar-refractivity contribution in [3.63, 3.8) is 0 Å². The van der Waals surface area contributed by atoms with E-state index in [1.807, 2.05) is 12.1 Å². The van der Waals surface area contributed by atoms with E-state index in [2.05, 4.69) is 82.3 Å². The first kappa shape index (κ1) is 16.8. The fraction of sp³-hybridized carbons (Fsp3) is 0.292. The number of rotatable bonds is 2. The van der Waals surface area contributed by atoms with Crippen molar-refractivity contribution in [1.29, 1.82) is 0 Å². The van der Waals surface area contributed by atoms with Crippen molar-refractivity contribution in [1.82, 2.24) is 4.98 Å². The van der Waals surface area contributed by atoms with Gasteiger partial charge < -0.3 is 4.74 Å². The van der Waals surface area contributed by atoms with Crippen LogP contribution in [0.15, 0.2) is 66.7 Å². The molecule has 0 aliphatic carbocycles. The van der Waals surface area contributed by atoms with Crippen LogP contribution in [-0.4, -0.2) is 10.6 Å². The predicted octanol–water partition coefficient (Wildman–Crippen LogP) is 6.25. The van der Waals surface area contributed by atoms with Gasteiger partial charge in [-0.05, 0) is 37.3 Å². The number of aromatic nitrogens is 1. The summed E-state index contributed by atoms with van der Waals surface area (Å²) in [7, 11) is 0. The largest absolute Gasteiger partial charge is 0.471 e. The molecule has 0 unspecified atom stereocenters. The molecule has 132 valence electrons. The molecule has 26 heavy (non-hydrogen) atoms. The van der Waals surface area contributed by atoms with Crippen LogP contribution in [-0.2, 0) is 5.41 Å². The van der Waals surface area contributed by atoms with Gasteiger partial charge in [-0.15, -0.1) is 0 Å². The Morgan fingerprint density at radius 1 is 0.808 bits per heavy atom. The second kappa shape index (κ2) is 5.98. The van der Waals surface area contributed by atoms with E-state index in [0.717, 1.165) is 29.1 Å². The molecule has 2 nitrogen and oxygen atoms in total. The molecule has 0 radical (unpaired) electrons. The second-order valence-electron chi connectivity index (χ2n) is 8.39. The van der Waals surface area contributed by atoms with Crippen LogP contribution in [0.5, 0.6) is 5.88 Å². The molecule has 0 atom stereocenters. The molecule has 2 heterocycles. The molecule has 0 saturated heterocycles. The fourth-order valence-corrected chi connectivity index (χ4v) is 4.17. The maximum Gasteiger partial charge on any atom is 0.218 e. The summed E-state index contributed by atoms with van der Waals surface area (Å²) in [5, 5.41) is 0. The van der Waals surface area contributed by atoms with Gasteiger partial charge in [0.15, 0.2) is 0 Å². The minimum atomic E-state index is -0.217. The van der Waals surface area contributed by atoms with E-state index in [1.165, 1.54) is 11.1 Å². The van der Waals surface area contributed by atoms with Gasteiger partial charge in [0.1, 0.15) is 5.60 Å². The summed E-state index contributed by atoms with van der Waals surface area (Å²) in [5.74, 6) is 0.768. The SMILES string of the molecule is CC1(C)CC(C)(C)c2cc(-c3ccccc3)c(-c3ccccc3)nc2O1. The maximum absolute atomic E-state index is 6.30. The molecule has 2 heteroatoms. The lowest BCUT2D eigenvalue weighted by molar-refractivity contribution is 0.0479. The highest BCUT2D eigenvalue weighted by atomic mass is 16.5. The van der Waals surface area contributed by atoms with Crippen molar-refractivity contribution < 1.29 is 4.74 Å². The van der Waals surface area contributed by atoms with Crippen LogP contribution in [0.25, 0.3) is 22.4 Å². The second-order valence-corrected chi connectivity index (χ2v) is 8.39. The van der Waals surface area contributed by atoms with Crippen LogP contribution >= 0.6 is 0 Å². The molecule has 0 spiro atoms. The minimum Gasteiger partial charge on any atom is -0.471 e. The molecule has 1 aliphatic heterocycles. The Morgan fingerprint density at radius 3 is 2.00 bits per heavy atom. The van der Waals surface area contributed by atoms with Crippen molar-refractivity contribution in [3.8, 4) is 28.3 Å². The van der Waals surface area contributed by atoms with Gasteiger partial charge in [0.05, 0.1) is 5.69 Å². The van der Waals surface area contributed by atoms with Gasteiger partial charge in [-0.25, -0.2) is 4.98 Å². The van der Waals surface area contributed by atoms with Crippen LogP contribution in [0.1, 0.15) is 39.7 Å². The maximum atomic E-state index is 6.30. The lowest BCUT2D eigenvalue weighted by Crippen LogP contribution is -2.41. The number of nitrogens with zero attached hydrogens (tertiary/aromatic N) is 1. The van der Waals surface area contributed by atoms with Crippen LogP contribution < -0.4 is 4.74 Å². The van der Waals surface area contributed by atoms with E-state index in [-0.39, 0.29) is 11.0 Å². The Hall–Kier alpha value is -2.61. The van der Waals surface area contributed by atoms with Gasteiger partial charge >= 0.3 is 0 Å². The van der Waals surface area contributed by atoms with Crippen LogP contribution in [0.4, 0.5) is 0 Å². The zero-order valence-corrected chi connectivity index (χ0v) is 15.9. The van der Waals surface area contributed by atoms with E-state index >= 15 is 0 Å². The predicted molar refractivity (Wildman–Crippen MR) is 107 cm³/mol. The highest BCUT2D eigenvalue weighted by Crippen LogP contribution is 2.46. The Bertz CT molecular complexity index is 927. The normalized spacial score (nSPS) is 17.2. The van der Waals surface area contributed by atoms with Crippen LogP contribution in [0.2, 0.25) is 0 Å². The molecule has 0 amide bonds. The number of hydrogen-bond donors (Lipinski definition) is 0. The number of fused-ring (bicyclic) bond motifs is 1. The molecule has 2 aromatic carbocycles. The first-order valence-electron chi connectivity index (χ1n) is 9.21. The van der Waals surface area contributed by atoms with E-state index < -0.39 is 0 Å². The lowest BCUT2D eigenvalue weighted by Gasteiger charge is -2.42. The van der Waals surface area contributed by atoms with E-state index in [0.29, 0.717) is 0 Å². The van der Waals surface area contributed by atoms with Crippen molar-refractivity contribution >= 4 is 0 Å². The van der Waals surface area contributed by atoms with Gasteiger partial charge in [-0.3, -0.25) is 0 Å². The molecule has 1 aromatic heterocycles. The highest BCUT2D eigenvalue weighted by Gasteiger charge is 2.40. The molecule has 0 saturated carbocycles. The molecular weight excluding hydrogens is 318 g/mol. The summed E-state index contributed by atoms with van der Waals surface area (Å²) in [4.78, 5) is 5.03. The smallest absolute Gasteiger partial charge is 0.218 e. The van der Waals surface area contributed by atoms with Gasteiger partial charge in [0.25, 0.3) is 0 Å². The standard InChI is InChI=1S/C24H25NO/c1-23(2)16-24(3,4)26-22-20(23)15-19(17-11-7-5-8-12-17)21(25-22)18-13-9-6-10-14-18/h5-15H,16H2,1-4H3. The Labute approximate surface area is 155 Å². The summed E-state index contributed by atoms with van der Waals surface area (Å²) in [6.07, 6.45) is 0.966. The Kier molecular flexibility index (Phi) is 3.87. The fourth-order valence-electron chi connectivity index (χ4n) is 4.17. The molecule has 1 aliphatic rings. The summed E-state index contributed by atoms with van der Waals surface area (Å²) in [6.45, 7) is 8.86. The summed E-state index contributed by atoms with van der Waals surface area (Å²) in [6, 6.07) is 23.2. The van der Waals surface area contributed by atoms with E-state index in [1.54, 1.807) is 0 Å². The topological polar surface area (TPSA) is 22.1 Å². The lowest BCUT2D eigenvalue weighted by atomic mass is 9.74.